The van der Waals surface area contributed by atoms with Crippen LogP contribution in [0.4, 0.5) is 0 Å². The van der Waals surface area contributed by atoms with E-state index in [0.29, 0.717) is 6.04 Å². The molecule has 0 saturated heterocycles. The fourth-order valence-corrected chi connectivity index (χ4v) is 2.91. The molecule has 0 aliphatic heterocycles. The van der Waals surface area contributed by atoms with Crippen LogP contribution in [0, 0.1) is 0 Å². The molecule has 0 atom stereocenters. The van der Waals surface area contributed by atoms with Crippen LogP contribution in [-0.2, 0) is 12.3 Å². The van der Waals surface area contributed by atoms with Gasteiger partial charge in [-0.3, -0.25) is 0 Å². The second-order valence-electron chi connectivity index (χ2n) is 5.10. The molecule has 0 radical (unpaired) electrons. The molecule has 2 aromatic rings. The predicted molar refractivity (Wildman–Crippen MR) is 86.0 cm³/mol. The van der Waals surface area contributed by atoms with Crippen molar-refractivity contribution in [3.63, 3.8) is 0 Å². The molecule has 0 amide bonds. The molecular formula is C16H23N3S. The third-order valence-corrected chi connectivity index (χ3v) is 4.24. The van der Waals surface area contributed by atoms with Gasteiger partial charge in [0.15, 0.2) is 0 Å². The molecule has 0 unspecified atom stereocenters. The van der Waals surface area contributed by atoms with Gasteiger partial charge in [0.25, 0.3) is 0 Å². The molecule has 0 saturated carbocycles. The Morgan fingerprint density at radius 3 is 2.65 bits per heavy atom. The third-order valence-electron chi connectivity index (χ3n) is 3.19. The van der Waals surface area contributed by atoms with Crippen LogP contribution in [0.5, 0.6) is 0 Å². The molecule has 3 nitrogen and oxygen atoms in total. The number of hydrogen-bond donors (Lipinski definition) is 1. The van der Waals surface area contributed by atoms with Crippen molar-refractivity contribution in [3.05, 3.63) is 48.0 Å². The van der Waals surface area contributed by atoms with E-state index in [0.717, 1.165) is 18.8 Å². The van der Waals surface area contributed by atoms with Gasteiger partial charge in [-0.2, -0.15) is 0 Å². The van der Waals surface area contributed by atoms with Crippen LogP contribution in [0.1, 0.15) is 38.1 Å². The van der Waals surface area contributed by atoms with Gasteiger partial charge in [-0.05, 0) is 38.1 Å². The zero-order chi connectivity index (χ0) is 14.4. The lowest BCUT2D eigenvalue weighted by Gasteiger charge is -2.11. The first-order chi connectivity index (χ1) is 9.70. The van der Waals surface area contributed by atoms with Crippen LogP contribution in [0.2, 0.25) is 0 Å². The van der Waals surface area contributed by atoms with Crippen LogP contribution in [0.15, 0.2) is 41.7 Å². The fraction of sp³-hybridized carbons (Fsp3) is 0.438. The average Bonchev–Trinajstić information content (AvgIpc) is 2.92. The van der Waals surface area contributed by atoms with Crippen molar-refractivity contribution in [2.75, 3.05) is 6.54 Å². The van der Waals surface area contributed by atoms with Crippen molar-refractivity contribution in [1.29, 1.82) is 0 Å². The highest BCUT2D eigenvalue weighted by Crippen LogP contribution is 2.24. The SMILES string of the molecule is CCNCc1ccc(SCc2cncn2C(C)C)cc1. The Morgan fingerprint density at radius 2 is 2.00 bits per heavy atom. The summed E-state index contributed by atoms with van der Waals surface area (Å²) in [5.41, 5.74) is 2.62. The van der Waals surface area contributed by atoms with Gasteiger partial charge >= 0.3 is 0 Å². The molecule has 1 aromatic heterocycles. The zero-order valence-corrected chi connectivity index (χ0v) is 13.3. The quantitative estimate of drug-likeness (QED) is 0.785. The van der Waals surface area contributed by atoms with E-state index in [9.17, 15) is 0 Å². The number of nitrogens with zero attached hydrogens (tertiary/aromatic N) is 2. The van der Waals surface area contributed by atoms with E-state index in [2.05, 4.69) is 59.9 Å². The Hall–Kier alpha value is -1.26. The van der Waals surface area contributed by atoms with Gasteiger partial charge in [0.05, 0.1) is 6.33 Å². The topological polar surface area (TPSA) is 29.9 Å². The summed E-state index contributed by atoms with van der Waals surface area (Å²) < 4.78 is 2.23. The molecule has 1 aromatic carbocycles. The van der Waals surface area contributed by atoms with E-state index < -0.39 is 0 Å². The summed E-state index contributed by atoms with van der Waals surface area (Å²) >= 11 is 1.86. The minimum atomic E-state index is 0.468. The summed E-state index contributed by atoms with van der Waals surface area (Å²) in [5, 5.41) is 3.34. The maximum Gasteiger partial charge on any atom is 0.0950 e. The van der Waals surface area contributed by atoms with Crippen LogP contribution >= 0.6 is 11.8 Å². The van der Waals surface area contributed by atoms with Gasteiger partial charge in [0.1, 0.15) is 0 Å². The molecule has 108 valence electrons. The van der Waals surface area contributed by atoms with E-state index in [1.165, 1.54) is 16.2 Å². The van der Waals surface area contributed by atoms with E-state index in [1.54, 1.807) is 0 Å². The zero-order valence-electron chi connectivity index (χ0n) is 12.5. The Bertz CT molecular complexity index is 517. The number of hydrogen-bond acceptors (Lipinski definition) is 3. The summed E-state index contributed by atoms with van der Waals surface area (Å²) in [4.78, 5) is 5.55. The van der Waals surface area contributed by atoms with Crippen molar-refractivity contribution in [2.45, 2.75) is 44.0 Å². The predicted octanol–water partition coefficient (Wildman–Crippen LogP) is 3.87. The van der Waals surface area contributed by atoms with Crippen molar-refractivity contribution in [2.24, 2.45) is 0 Å². The number of benzene rings is 1. The number of thioether (sulfide) groups is 1. The largest absolute Gasteiger partial charge is 0.331 e. The van der Waals surface area contributed by atoms with Crippen molar-refractivity contribution >= 4 is 11.8 Å². The molecule has 4 heteroatoms. The Labute approximate surface area is 125 Å². The molecule has 20 heavy (non-hydrogen) atoms. The second-order valence-corrected chi connectivity index (χ2v) is 6.15. The van der Waals surface area contributed by atoms with Gasteiger partial charge in [-0.25, -0.2) is 4.98 Å². The highest BCUT2D eigenvalue weighted by Gasteiger charge is 2.05. The molecule has 2 rings (SSSR count). The number of aromatic nitrogens is 2. The van der Waals surface area contributed by atoms with Crippen molar-refractivity contribution in [3.8, 4) is 0 Å². The summed E-state index contributed by atoms with van der Waals surface area (Å²) in [6.45, 7) is 8.45. The van der Waals surface area contributed by atoms with Gasteiger partial charge in [-0.15, -0.1) is 11.8 Å². The van der Waals surface area contributed by atoms with E-state index in [1.807, 2.05) is 24.3 Å². The average molecular weight is 289 g/mol. The molecule has 1 N–H and O–H groups in total. The summed E-state index contributed by atoms with van der Waals surface area (Å²) in [7, 11) is 0. The minimum Gasteiger partial charge on any atom is -0.331 e. The maximum absolute atomic E-state index is 4.24. The van der Waals surface area contributed by atoms with Crippen molar-refractivity contribution in [1.82, 2.24) is 14.9 Å². The van der Waals surface area contributed by atoms with Crippen LogP contribution in [-0.4, -0.2) is 16.1 Å². The first-order valence-corrected chi connectivity index (χ1v) is 8.12. The molecule has 1 heterocycles. The van der Waals surface area contributed by atoms with Gasteiger partial charge < -0.3 is 9.88 Å². The minimum absolute atomic E-state index is 0.468. The van der Waals surface area contributed by atoms with Gasteiger partial charge in [0, 0.05) is 35.1 Å². The highest BCUT2D eigenvalue weighted by atomic mass is 32.2. The third kappa shape index (κ3) is 4.12. The fourth-order valence-electron chi connectivity index (χ4n) is 2.04. The van der Waals surface area contributed by atoms with Crippen LogP contribution < -0.4 is 5.32 Å². The van der Waals surface area contributed by atoms with E-state index >= 15 is 0 Å². The lowest BCUT2D eigenvalue weighted by molar-refractivity contribution is 0.584. The van der Waals surface area contributed by atoms with Crippen LogP contribution in [0.3, 0.4) is 0 Å². The van der Waals surface area contributed by atoms with E-state index in [4.69, 9.17) is 0 Å². The van der Waals surface area contributed by atoms with Gasteiger partial charge in [0.2, 0.25) is 0 Å². The second kappa shape index (κ2) is 7.50. The Kier molecular flexibility index (Phi) is 5.68. The maximum atomic E-state index is 4.24. The lowest BCUT2D eigenvalue weighted by Crippen LogP contribution is -2.11. The Balaban J connectivity index is 1.92. The number of imidazole rings is 1. The van der Waals surface area contributed by atoms with E-state index in [-0.39, 0.29) is 0 Å². The molecular weight excluding hydrogens is 266 g/mol. The first kappa shape index (κ1) is 15.1. The van der Waals surface area contributed by atoms with Crippen molar-refractivity contribution < 1.29 is 0 Å². The molecule has 0 aliphatic carbocycles. The smallest absolute Gasteiger partial charge is 0.0950 e. The lowest BCUT2D eigenvalue weighted by atomic mass is 10.2. The number of rotatable bonds is 7. The highest BCUT2D eigenvalue weighted by molar-refractivity contribution is 7.98. The van der Waals surface area contributed by atoms with Gasteiger partial charge in [-0.1, -0.05) is 19.1 Å². The Morgan fingerprint density at radius 1 is 1.25 bits per heavy atom. The molecule has 0 fully saturated rings. The normalized spacial score (nSPS) is 11.2. The summed E-state index contributed by atoms with van der Waals surface area (Å²) in [5.74, 6) is 0.963. The molecule has 0 bridgehead atoms. The molecule has 0 spiro atoms. The number of nitrogens with one attached hydrogen (secondary N) is 1. The van der Waals surface area contributed by atoms with Crippen LogP contribution in [0.25, 0.3) is 0 Å². The summed E-state index contributed by atoms with van der Waals surface area (Å²) in [6.07, 6.45) is 3.88. The summed E-state index contributed by atoms with van der Waals surface area (Å²) in [6, 6.07) is 9.27. The first-order valence-electron chi connectivity index (χ1n) is 7.14. The monoisotopic (exact) mass is 289 g/mol. The standard InChI is InChI=1S/C16H23N3S/c1-4-17-9-14-5-7-16(8-6-14)20-11-15-10-18-12-19(15)13(2)3/h5-8,10,12-13,17H,4,9,11H2,1-3H3. The molecule has 0 aliphatic rings.